The third-order valence-electron chi connectivity index (χ3n) is 5.26. The van der Waals surface area contributed by atoms with E-state index >= 15 is 0 Å². The topological polar surface area (TPSA) is 76.1 Å². The fourth-order valence-corrected chi connectivity index (χ4v) is 5.35. The fourth-order valence-electron chi connectivity index (χ4n) is 3.51. The largest absolute Gasteiger partial charge is 0.417 e. The molecule has 1 saturated carbocycles. The van der Waals surface area contributed by atoms with Gasteiger partial charge in [-0.2, -0.15) is 26.3 Å². The van der Waals surface area contributed by atoms with Gasteiger partial charge in [-0.15, -0.1) is 0 Å². The number of pyridine rings is 1. The monoisotopic (exact) mass is 480 g/mol. The maximum Gasteiger partial charge on any atom is 0.417 e. The number of amides is 1. The zero-order chi connectivity index (χ0) is 23.7. The van der Waals surface area contributed by atoms with Crippen LogP contribution in [0.15, 0.2) is 47.5 Å². The van der Waals surface area contributed by atoms with Crippen LogP contribution >= 0.6 is 0 Å². The van der Waals surface area contributed by atoms with Crippen molar-refractivity contribution in [1.29, 1.82) is 0 Å². The molecule has 1 aliphatic carbocycles. The Kier molecular flexibility index (Phi) is 6.55. The standard InChI is InChI=1S/C20H18F6N2O3S/c21-19(22,23)12-2-1-3-16(10-12)32(30,31)15-7-5-14(6-8-15)28-18(29)17-9-4-13(11-27-17)20(24,25)26/h1-4,9-11,14-15H,5-8H2,(H,28,29)/t14-,15+. The number of aromatic nitrogens is 1. The Bertz CT molecular complexity index is 1070. The van der Waals surface area contributed by atoms with Crippen LogP contribution in [0.25, 0.3) is 0 Å². The number of rotatable bonds is 4. The summed E-state index contributed by atoms with van der Waals surface area (Å²) in [6.07, 6.45) is -7.98. The zero-order valence-electron chi connectivity index (χ0n) is 16.4. The molecule has 1 aromatic carbocycles. The summed E-state index contributed by atoms with van der Waals surface area (Å²) in [6, 6.07) is 4.81. The van der Waals surface area contributed by atoms with Gasteiger partial charge in [-0.1, -0.05) is 6.07 Å². The number of nitrogens with zero attached hydrogens (tertiary/aromatic N) is 1. The molecule has 174 valence electrons. The summed E-state index contributed by atoms with van der Waals surface area (Å²) in [5.74, 6) is -0.692. The lowest BCUT2D eigenvalue weighted by atomic mass is 9.95. The van der Waals surface area contributed by atoms with Crippen LogP contribution in [-0.2, 0) is 22.2 Å². The van der Waals surface area contributed by atoms with E-state index in [1.807, 2.05) is 0 Å². The predicted octanol–water partition coefficient (Wildman–Crippen LogP) is 4.63. The summed E-state index contributed by atoms with van der Waals surface area (Å²) < 4.78 is 102. The molecule has 0 bridgehead atoms. The third-order valence-corrected chi connectivity index (χ3v) is 7.52. The summed E-state index contributed by atoms with van der Waals surface area (Å²) >= 11 is 0. The van der Waals surface area contributed by atoms with Gasteiger partial charge >= 0.3 is 12.4 Å². The Labute approximate surface area is 179 Å². The number of hydrogen-bond donors (Lipinski definition) is 1. The van der Waals surface area contributed by atoms with E-state index in [1.54, 1.807) is 0 Å². The van der Waals surface area contributed by atoms with Crippen LogP contribution in [0.1, 0.15) is 47.3 Å². The number of carbonyl (C=O) groups excluding carboxylic acids is 1. The average molecular weight is 480 g/mol. The lowest BCUT2D eigenvalue weighted by Crippen LogP contribution is -2.40. The quantitative estimate of drug-likeness (QED) is 0.648. The lowest BCUT2D eigenvalue weighted by molar-refractivity contribution is -0.138. The highest BCUT2D eigenvalue weighted by Crippen LogP contribution is 2.34. The van der Waals surface area contributed by atoms with Crippen molar-refractivity contribution in [3.05, 3.63) is 59.4 Å². The number of benzene rings is 1. The van der Waals surface area contributed by atoms with E-state index < -0.39 is 55.4 Å². The van der Waals surface area contributed by atoms with Gasteiger partial charge in [-0.25, -0.2) is 8.42 Å². The molecule has 0 unspecified atom stereocenters. The second-order valence-corrected chi connectivity index (χ2v) is 9.68. The Morgan fingerprint density at radius 1 is 0.906 bits per heavy atom. The van der Waals surface area contributed by atoms with Gasteiger partial charge in [-0.05, 0) is 56.0 Å². The Morgan fingerprint density at radius 3 is 2.06 bits per heavy atom. The molecule has 1 aromatic heterocycles. The molecule has 0 radical (unpaired) electrons. The molecule has 12 heteroatoms. The van der Waals surface area contributed by atoms with Crippen LogP contribution < -0.4 is 5.32 Å². The molecule has 5 nitrogen and oxygen atoms in total. The average Bonchev–Trinajstić information content (AvgIpc) is 2.73. The minimum Gasteiger partial charge on any atom is -0.348 e. The number of nitrogens with one attached hydrogen (secondary N) is 1. The molecule has 1 heterocycles. The molecule has 0 atom stereocenters. The second-order valence-electron chi connectivity index (χ2n) is 7.45. The molecule has 0 aliphatic heterocycles. The molecule has 3 rings (SSSR count). The maximum atomic E-state index is 12.9. The highest BCUT2D eigenvalue weighted by molar-refractivity contribution is 7.92. The third kappa shape index (κ3) is 5.40. The van der Waals surface area contributed by atoms with E-state index in [1.165, 1.54) is 0 Å². The van der Waals surface area contributed by atoms with Crippen LogP contribution in [0, 0.1) is 0 Å². The van der Waals surface area contributed by atoms with E-state index in [-0.39, 0.29) is 31.4 Å². The van der Waals surface area contributed by atoms with Gasteiger partial charge in [0.05, 0.1) is 21.3 Å². The highest BCUT2D eigenvalue weighted by atomic mass is 32.2. The smallest absolute Gasteiger partial charge is 0.348 e. The molecule has 0 saturated heterocycles. The Balaban J connectivity index is 1.62. The van der Waals surface area contributed by atoms with Crippen molar-refractivity contribution in [2.24, 2.45) is 0 Å². The minimum absolute atomic E-state index is 0.115. The fraction of sp³-hybridized carbons (Fsp3) is 0.400. The Morgan fingerprint density at radius 2 is 1.53 bits per heavy atom. The highest BCUT2D eigenvalue weighted by Gasteiger charge is 2.36. The van der Waals surface area contributed by atoms with Crippen molar-refractivity contribution in [1.82, 2.24) is 10.3 Å². The van der Waals surface area contributed by atoms with Crippen molar-refractivity contribution >= 4 is 15.7 Å². The van der Waals surface area contributed by atoms with E-state index in [0.29, 0.717) is 12.3 Å². The molecule has 1 N–H and O–H groups in total. The number of alkyl halides is 6. The van der Waals surface area contributed by atoms with Gasteiger partial charge in [0.25, 0.3) is 5.91 Å². The first kappa shape index (κ1) is 24.0. The first-order chi connectivity index (χ1) is 14.8. The molecule has 1 aliphatic rings. The summed E-state index contributed by atoms with van der Waals surface area (Å²) in [6.45, 7) is 0. The molecular weight excluding hydrogens is 462 g/mol. The van der Waals surface area contributed by atoms with E-state index in [0.717, 1.165) is 30.3 Å². The summed E-state index contributed by atoms with van der Waals surface area (Å²) in [5, 5.41) is 1.71. The lowest BCUT2D eigenvalue weighted by Gasteiger charge is -2.29. The zero-order valence-corrected chi connectivity index (χ0v) is 17.2. The van der Waals surface area contributed by atoms with Crippen LogP contribution in [0.2, 0.25) is 0 Å². The van der Waals surface area contributed by atoms with Crippen molar-refractivity contribution < 1.29 is 39.6 Å². The molecule has 1 fully saturated rings. The molecule has 32 heavy (non-hydrogen) atoms. The number of sulfone groups is 1. The molecular formula is C20H18F6N2O3S. The number of halogens is 6. The minimum atomic E-state index is -4.67. The summed E-state index contributed by atoms with van der Waals surface area (Å²) in [4.78, 5) is 15.3. The molecule has 1 amide bonds. The van der Waals surface area contributed by atoms with E-state index in [4.69, 9.17) is 0 Å². The van der Waals surface area contributed by atoms with Crippen molar-refractivity contribution in [2.75, 3.05) is 0 Å². The first-order valence-electron chi connectivity index (χ1n) is 9.54. The second kappa shape index (κ2) is 8.72. The normalized spacial score (nSPS) is 20.1. The van der Waals surface area contributed by atoms with Gasteiger partial charge in [0.15, 0.2) is 9.84 Å². The van der Waals surface area contributed by atoms with Crippen LogP contribution in [0.4, 0.5) is 26.3 Å². The Hall–Kier alpha value is -2.63. The van der Waals surface area contributed by atoms with E-state index in [2.05, 4.69) is 10.3 Å². The molecule has 0 spiro atoms. The van der Waals surface area contributed by atoms with Gasteiger partial charge in [0, 0.05) is 12.2 Å². The van der Waals surface area contributed by atoms with E-state index in [9.17, 15) is 39.6 Å². The number of hydrogen-bond acceptors (Lipinski definition) is 4. The first-order valence-corrected chi connectivity index (χ1v) is 11.1. The SMILES string of the molecule is O=C(N[C@H]1CC[C@@H](S(=O)(=O)c2cccc(C(F)(F)F)c2)CC1)c1ccc(C(F)(F)F)cn1. The van der Waals surface area contributed by atoms with Gasteiger partial charge in [-0.3, -0.25) is 9.78 Å². The van der Waals surface area contributed by atoms with Crippen LogP contribution in [0.3, 0.4) is 0 Å². The summed E-state index contributed by atoms with van der Waals surface area (Å²) in [5.41, 5.74) is -2.25. The summed E-state index contributed by atoms with van der Waals surface area (Å²) in [7, 11) is -4.00. The van der Waals surface area contributed by atoms with Crippen molar-refractivity contribution in [3.8, 4) is 0 Å². The number of carbonyl (C=O) groups is 1. The van der Waals surface area contributed by atoms with Gasteiger partial charge < -0.3 is 5.32 Å². The van der Waals surface area contributed by atoms with Crippen molar-refractivity contribution in [3.63, 3.8) is 0 Å². The van der Waals surface area contributed by atoms with Crippen LogP contribution in [0.5, 0.6) is 0 Å². The molecule has 2 aromatic rings. The van der Waals surface area contributed by atoms with Crippen molar-refractivity contribution in [2.45, 2.75) is 54.2 Å². The maximum absolute atomic E-state index is 12.9. The van der Waals surface area contributed by atoms with Gasteiger partial charge in [0.2, 0.25) is 0 Å². The van der Waals surface area contributed by atoms with Crippen LogP contribution in [-0.4, -0.2) is 30.6 Å². The van der Waals surface area contributed by atoms with Gasteiger partial charge in [0.1, 0.15) is 5.69 Å². The predicted molar refractivity (Wildman–Crippen MR) is 101 cm³/mol.